The number of hydrogen-bond donors (Lipinski definition) is 3. The molecule has 2 rings (SSSR count). The van der Waals surface area contributed by atoms with Gasteiger partial charge in [-0.15, -0.1) is 0 Å². The van der Waals surface area contributed by atoms with E-state index in [1.807, 2.05) is 0 Å². The lowest BCUT2D eigenvalue weighted by atomic mass is 9.99. The van der Waals surface area contributed by atoms with Gasteiger partial charge in [-0.3, -0.25) is 0 Å². The summed E-state index contributed by atoms with van der Waals surface area (Å²) in [7, 11) is 0. The summed E-state index contributed by atoms with van der Waals surface area (Å²) >= 11 is 0. The summed E-state index contributed by atoms with van der Waals surface area (Å²) < 4.78 is 0. The van der Waals surface area contributed by atoms with E-state index >= 15 is 0 Å². The first kappa shape index (κ1) is 13.5. The van der Waals surface area contributed by atoms with Gasteiger partial charge in [-0.05, 0) is 30.5 Å². The molecule has 18 heavy (non-hydrogen) atoms. The van der Waals surface area contributed by atoms with Crippen molar-refractivity contribution in [2.45, 2.75) is 44.9 Å². The predicted molar refractivity (Wildman–Crippen MR) is 74.4 cm³/mol. The highest BCUT2D eigenvalue weighted by Gasteiger charge is 2.18. The van der Waals surface area contributed by atoms with E-state index < -0.39 is 0 Å². The van der Waals surface area contributed by atoms with Gasteiger partial charge in [0.1, 0.15) is 0 Å². The molecule has 0 spiro atoms. The third-order valence-corrected chi connectivity index (χ3v) is 3.58. The van der Waals surface area contributed by atoms with Crippen molar-refractivity contribution < 1.29 is 5.11 Å². The Bertz CT molecular complexity index is 367. The lowest BCUT2D eigenvalue weighted by Gasteiger charge is -2.21. The molecule has 1 aromatic rings. The maximum atomic E-state index is 9.82. The van der Waals surface area contributed by atoms with Crippen molar-refractivity contribution in [2.24, 2.45) is 0 Å². The summed E-state index contributed by atoms with van der Waals surface area (Å²) in [5.74, 6) is 0. The Morgan fingerprint density at radius 3 is 3.11 bits per heavy atom. The summed E-state index contributed by atoms with van der Waals surface area (Å²) in [5, 5.41) is 16.8. The zero-order valence-corrected chi connectivity index (χ0v) is 11.2. The van der Waals surface area contributed by atoms with Gasteiger partial charge in [0.2, 0.25) is 0 Å². The zero-order valence-electron chi connectivity index (χ0n) is 11.2. The molecule has 0 saturated carbocycles. The van der Waals surface area contributed by atoms with E-state index in [4.69, 9.17) is 0 Å². The summed E-state index contributed by atoms with van der Waals surface area (Å²) in [6, 6.07) is 8.94. The Balaban J connectivity index is 1.99. The van der Waals surface area contributed by atoms with E-state index in [1.54, 1.807) is 0 Å². The van der Waals surface area contributed by atoms with Gasteiger partial charge < -0.3 is 15.7 Å². The highest BCUT2D eigenvalue weighted by molar-refractivity contribution is 5.30. The van der Waals surface area contributed by atoms with Gasteiger partial charge in [0.15, 0.2) is 0 Å². The molecule has 2 atom stereocenters. The van der Waals surface area contributed by atoms with Crippen LogP contribution in [0.25, 0.3) is 0 Å². The third-order valence-electron chi connectivity index (χ3n) is 3.58. The van der Waals surface area contributed by atoms with Gasteiger partial charge in [-0.2, -0.15) is 0 Å². The van der Waals surface area contributed by atoms with Crippen molar-refractivity contribution in [3.63, 3.8) is 0 Å². The highest BCUT2D eigenvalue weighted by atomic mass is 16.3. The predicted octanol–water partition coefficient (Wildman–Crippen LogP) is 1.97. The van der Waals surface area contributed by atoms with Crippen molar-refractivity contribution in [3.05, 3.63) is 35.4 Å². The Hall–Kier alpha value is -0.900. The molecule has 0 saturated heterocycles. The molecule has 2 unspecified atom stereocenters. The van der Waals surface area contributed by atoms with Gasteiger partial charge in [-0.25, -0.2) is 0 Å². The van der Waals surface area contributed by atoms with Crippen LogP contribution < -0.4 is 10.6 Å². The Morgan fingerprint density at radius 2 is 2.28 bits per heavy atom. The minimum absolute atomic E-state index is 0.224. The molecular weight excluding hydrogens is 224 g/mol. The fourth-order valence-electron chi connectivity index (χ4n) is 2.59. The van der Waals surface area contributed by atoms with Crippen molar-refractivity contribution >= 4 is 0 Å². The number of aliphatic hydroxyl groups is 1. The molecule has 100 valence electrons. The van der Waals surface area contributed by atoms with Crippen LogP contribution in [0, 0.1) is 0 Å². The van der Waals surface area contributed by atoms with E-state index in [0.717, 1.165) is 32.4 Å². The first-order valence-corrected chi connectivity index (χ1v) is 7.01. The normalized spacial score (nSPS) is 21.1. The fourth-order valence-corrected chi connectivity index (χ4v) is 2.59. The van der Waals surface area contributed by atoms with E-state index in [2.05, 4.69) is 41.8 Å². The summed E-state index contributed by atoms with van der Waals surface area (Å²) in [5.41, 5.74) is 2.75. The van der Waals surface area contributed by atoms with Crippen LogP contribution in [0.15, 0.2) is 24.3 Å². The zero-order chi connectivity index (χ0) is 12.8. The molecule has 0 fully saturated rings. The number of aliphatic hydroxyl groups excluding tert-OH is 1. The van der Waals surface area contributed by atoms with Crippen LogP contribution in [0.1, 0.15) is 43.4 Å². The minimum Gasteiger partial charge on any atom is -0.392 e. The maximum Gasteiger partial charge on any atom is 0.0664 e. The average molecular weight is 248 g/mol. The number of nitrogens with one attached hydrogen (secondary N) is 2. The molecule has 0 radical (unpaired) electrons. The number of fused-ring (bicyclic) bond motifs is 1. The molecule has 1 aromatic carbocycles. The van der Waals surface area contributed by atoms with Crippen LogP contribution in [-0.4, -0.2) is 24.3 Å². The van der Waals surface area contributed by atoms with Crippen LogP contribution in [0.3, 0.4) is 0 Å². The second-order valence-electron chi connectivity index (χ2n) is 5.07. The minimum atomic E-state index is -0.224. The lowest BCUT2D eigenvalue weighted by Crippen LogP contribution is -2.31. The van der Waals surface area contributed by atoms with Crippen LogP contribution in [0.4, 0.5) is 0 Å². The molecule has 1 aliphatic heterocycles. The Labute approximate surface area is 110 Å². The van der Waals surface area contributed by atoms with Crippen molar-refractivity contribution in [3.8, 4) is 0 Å². The van der Waals surface area contributed by atoms with Gasteiger partial charge in [0.05, 0.1) is 6.10 Å². The largest absolute Gasteiger partial charge is 0.392 e. The smallest absolute Gasteiger partial charge is 0.0664 e. The molecule has 1 heterocycles. The van der Waals surface area contributed by atoms with Gasteiger partial charge in [0.25, 0.3) is 0 Å². The fraction of sp³-hybridized carbons (Fsp3) is 0.600. The first-order chi connectivity index (χ1) is 8.81. The lowest BCUT2D eigenvalue weighted by molar-refractivity contribution is 0.156. The summed E-state index contributed by atoms with van der Waals surface area (Å²) in [4.78, 5) is 0. The molecule has 3 N–H and O–H groups in total. The Morgan fingerprint density at radius 1 is 1.44 bits per heavy atom. The molecular formula is C15H24N2O. The van der Waals surface area contributed by atoms with E-state index in [0.29, 0.717) is 12.6 Å². The van der Waals surface area contributed by atoms with Crippen LogP contribution in [0.2, 0.25) is 0 Å². The highest BCUT2D eigenvalue weighted by Crippen LogP contribution is 2.23. The molecule has 0 bridgehead atoms. The summed E-state index contributed by atoms with van der Waals surface area (Å²) in [6.45, 7) is 4.77. The number of benzene rings is 1. The molecule has 1 aliphatic rings. The second kappa shape index (κ2) is 6.88. The molecule has 0 aliphatic carbocycles. The van der Waals surface area contributed by atoms with E-state index in [1.165, 1.54) is 11.1 Å². The van der Waals surface area contributed by atoms with Crippen LogP contribution >= 0.6 is 0 Å². The maximum absolute atomic E-state index is 9.82. The molecule has 3 nitrogen and oxygen atoms in total. The van der Waals surface area contributed by atoms with E-state index in [-0.39, 0.29) is 6.10 Å². The SMILES string of the molecule is CCCC(O)CNC1CCNCc2ccccc21. The van der Waals surface area contributed by atoms with Crippen LogP contribution in [0.5, 0.6) is 0 Å². The standard InChI is InChI=1S/C15H24N2O/c1-2-5-13(18)11-17-15-8-9-16-10-12-6-3-4-7-14(12)15/h3-4,6-7,13,15-18H,2,5,8-11H2,1H3. The summed E-state index contributed by atoms with van der Waals surface area (Å²) in [6.07, 6.45) is 2.76. The van der Waals surface area contributed by atoms with Crippen molar-refractivity contribution in [2.75, 3.05) is 13.1 Å². The molecule has 0 aromatic heterocycles. The quantitative estimate of drug-likeness (QED) is 0.746. The van der Waals surface area contributed by atoms with Gasteiger partial charge in [-0.1, -0.05) is 37.6 Å². The number of rotatable bonds is 5. The molecule has 3 heteroatoms. The van der Waals surface area contributed by atoms with Crippen LogP contribution in [-0.2, 0) is 6.54 Å². The Kier molecular flexibility index (Phi) is 5.17. The van der Waals surface area contributed by atoms with Gasteiger partial charge in [0, 0.05) is 19.1 Å². The monoisotopic (exact) mass is 248 g/mol. The van der Waals surface area contributed by atoms with Gasteiger partial charge >= 0.3 is 0 Å². The average Bonchev–Trinajstić information content (AvgIpc) is 2.59. The topological polar surface area (TPSA) is 44.3 Å². The van der Waals surface area contributed by atoms with E-state index in [9.17, 15) is 5.11 Å². The van der Waals surface area contributed by atoms with Crippen molar-refractivity contribution in [1.29, 1.82) is 0 Å². The number of hydrogen-bond acceptors (Lipinski definition) is 3. The third kappa shape index (κ3) is 3.55. The second-order valence-corrected chi connectivity index (χ2v) is 5.07. The molecule has 0 amide bonds. The van der Waals surface area contributed by atoms with Crippen molar-refractivity contribution in [1.82, 2.24) is 10.6 Å². The first-order valence-electron chi connectivity index (χ1n) is 7.01.